The van der Waals surface area contributed by atoms with Gasteiger partial charge in [0.1, 0.15) is 42.5 Å². The first-order valence-corrected chi connectivity index (χ1v) is 25.4. The number of Topliss-reactive ketones (excluding diaryl/α,β-unsaturated/α-hetero) is 1. The van der Waals surface area contributed by atoms with E-state index in [1.165, 1.54) is 26.4 Å². The number of carboxylic acids is 1. The number of amides is 2. The summed E-state index contributed by atoms with van der Waals surface area (Å²) < 4.78 is 49.6. The zero-order valence-electron chi connectivity index (χ0n) is 39.8. The van der Waals surface area contributed by atoms with E-state index in [-0.39, 0.29) is 48.6 Å². The van der Waals surface area contributed by atoms with Gasteiger partial charge in [-0.15, -0.1) is 0 Å². The fraction of sp³-hybridized carbons (Fsp3) is 0.522. The molecule has 0 spiro atoms. The van der Waals surface area contributed by atoms with Crippen molar-refractivity contribution in [1.29, 1.82) is 0 Å². The number of carboxylic acid groups (broad SMARTS) is 1. The molecule has 0 bridgehead atoms. The molecule has 0 unspecified atom stereocenters. The summed E-state index contributed by atoms with van der Waals surface area (Å²) in [5, 5.41) is 16.3. The molecule has 21 heteroatoms. The third-order valence-electron chi connectivity index (χ3n) is 10.5. The summed E-state index contributed by atoms with van der Waals surface area (Å²) in [6, 6.07) is 11.6. The Labute approximate surface area is 413 Å². The van der Waals surface area contributed by atoms with Crippen molar-refractivity contribution >= 4 is 78.7 Å². The zero-order valence-corrected chi connectivity index (χ0v) is 43.8. The Morgan fingerprint density at radius 1 is 0.746 bits per heavy atom. The predicted octanol–water partition coefficient (Wildman–Crippen LogP) is 10.6. The van der Waals surface area contributed by atoms with Crippen molar-refractivity contribution in [1.82, 2.24) is 10.6 Å². The molecule has 4 atom stereocenters. The van der Waals surface area contributed by atoms with Crippen LogP contribution in [0.1, 0.15) is 81.9 Å². The molecule has 3 rings (SSSR count). The molecule has 0 fully saturated rings. The predicted molar refractivity (Wildman–Crippen MR) is 258 cm³/mol. The lowest BCUT2D eigenvalue weighted by Crippen LogP contribution is -2.53. The fourth-order valence-corrected chi connectivity index (χ4v) is 7.62. The molecule has 3 aromatic carbocycles. The van der Waals surface area contributed by atoms with Crippen LogP contribution in [0.15, 0.2) is 54.6 Å². The summed E-state index contributed by atoms with van der Waals surface area (Å²) in [4.78, 5) is 55.2. The number of ether oxygens (including phenoxy) is 8. The summed E-state index contributed by atoms with van der Waals surface area (Å²) in [5.74, 6) is -3.94. The molecule has 0 aliphatic carbocycles. The molecule has 3 aromatic rings. The van der Waals surface area contributed by atoms with E-state index in [9.17, 15) is 19.5 Å². The highest BCUT2D eigenvalue weighted by atomic mass is 35.6. The van der Waals surface area contributed by atoms with Crippen molar-refractivity contribution < 1.29 is 66.6 Å². The van der Waals surface area contributed by atoms with Gasteiger partial charge in [-0.2, -0.15) is 0 Å². The highest BCUT2D eigenvalue weighted by Gasteiger charge is 2.46. The van der Waals surface area contributed by atoms with E-state index < -0.39 is 77.4 Å². The Morgan fingerprint density at radius 2 is 1.34 bits per heavy atom. The minimum atomic E-state index is -2.83. The SMILES string of the molecule is COCCOCOC[C@H](NC(=O)OC(C)(C)C)c1ccc(OC)c(Oc2cc([C@H](C(=O)O)C(=O)[C@H](NC(=O)OCC(Cl)(Cl)Cl)[C@H](O[Si](C)(C)C(C)(C)C)c3ccc(Cl)cc3)cc(OC)c2C)c1. The molecule has 3 N–H and O–H groups in total. The maximum atomic E-state index is 15.2. The van der Waals surface area contributed by atoms with Crippen molar-refractivity contribution in [3.05, 3.63) is 81.9 Å². The first-order chi connectivity index (χ1) is 31.1. The average molecular weight is 1040 g/mol. The minimum Gasteiger partial charge on any atom is -0.496 e. The normalized spacial score (nSPS) is 14.0. The van der Waals surface area contributed by atoms with Gasteiger partial charge >= 0.3 is 18.2 Å². The lowest BCUT2D eigenvalue weighted by atomic mass is 9.86. The lowest BCUT2D eigenvalue weighted by Gasteiger charge is -2.41. The third kappa shape index (κ3) is 17.8. The molecule has 16 nitrogen and oxygen atoms in total. The number of alkyl carbamates (subject to hydrolysis) is 2. The summed E-state index contributed by atoms with van der Waals surface area (Å²) in [7, 11) is 1.51. The number of rotatable bonds is 23. The highest BCUT2D eigenvalue weighted by molar-refractivity contribution is 6.74. The third-order valence-corrected chi connectivity index (χ3v) is 15.5. The summed E-state index contributed by atoms with van der Waals surface area (Å²) in [6.45, 7) is 16.5. The maximum Gasteiger partial charge on any atom is 0.408 e. The number of alkyl halides is 3. The van der Waals surface area contributed by atoms with Gasteiger partial charge in [-0.05, 0) is 98.9 Å². The summed E-state index contributed by atoms with van der Waals surface area (Å²) in [5.41, 5.74) is 0.437. The van der Waals surface area contributed by atoms with Crippen molar-refractivity contribution in [3.8, 4) is 23.0 Å². The van der Waals surface area contributed by atoms with Crippen LogP contribution in [0.3, 0.4) is 0 Å². The molecule has 0 saturated heterocycles. The number of benzene rings is 3. The number of carbonyl (C=O) groups is 4. The second-order valence-electron chi connectivity index (χ2n) is 17.8. The molecule has 2 amide bonds. The number of carbonyl (C=O) groups excluding carboxylic acids is 3. The van der Waals surface area contributed by atoms with E-state index in [4.69, 9.17) is 88.7 Å². The fourth-order valence-electron chi connectivity index (χ4n) is 6.07. The molecule has 0 saturated carbocycles. The van der Waals surface area contributed by atoms with E-state index in [2.05, 4.69) is 10.6 Å². The first kappa shape index (κ1) is 57.3. The van der Waals surface area contributed by atoms with Crippen LogP contribution in [0.5, 0.6) is 23.0 Å². The van der Waals surface area contributed by atoms with Gasteiger partial charge in [0.15, 0.2) is 25.6 Å². The number of nitrogens with one attached hydrogen (secondary N) is 2. The standard InChI is InChI=1S/C46H62Cl4N2O14Si/c1-27-34(60-10)22-30(23-35(27)64-36-21-29(15-18-33(36)59-9)32(24-62-26-61-20-19-58-8)51-43(57)65-44(2,3)4)37(41(54)55)39(53)38(52-42(56)63-25-46(48,49)50)40(28-13-16-31(47)17-14-28)66-67(11,12)45(5,6)7/h13-18,21-23,32,37-38,40H,19-20,24-26H2,1-12H3,(H,51,57)(H,52,56)(H,54,55)/t32-,37-,38-,40+/m0/s1. The Bertz CT molecular complexity index is 2140. The molecule has 0 radical (unpaired) electrons. The van der Waals surface area contributed by atoms with E-state index >= 15 is 4.79 Å². The molecular formula is C46H62Cl4N2O14Si. The summed E-state index contributed by atoms with van der Waals surface area (Å²) >= 11 is 23.9. The van der Waals surface area contributed by atoms with Crippen molar-refractivity contribution in [2.75, 3.05) is 54.5 Å². The topological polar surface area (TPSA) is 196 Å². The maximum absolute atomic E-state index is 15.2. The molecule has 67 heavy (non-hydrogen) atoms. The van der Waals surface area contributed by atoms with Crippen LogP contribution >= 0.6 is 46.4 Å². The average Bonchev–Trinajstić information content (AvgIpc) is 3.22. The van der Waals surface area contributed by atoms with Gasteiger partial charge in [-0.3, -0.25) is 9.59 Å². The number of ketones is 1. The van der Waals surface area contributed by atoms with E-state index in [0.717, 1.165) is 0 Å². The number of aliphatic carboxylic acids is 1. The van der Waals surface area contributed by atoms with Crippen molar-refractivity contribution in [2.45, 2.75) is 100 Å². The molecule has 0 aromatic heterocycles. The van der Waals surface area contributed by atoms with Gasteiger partial charge in [-0.1, -0.05) is 85.4 Å². The van der Waals surface area contributed by atoms with Crippen molar-refractivity contribution in [2.24, 2.45) is 0 Å². The smallest absolute Gasteiger partial charge is 0.408 e. The number of hydrogen-bond acceptors (Lipinski definition) is 13. The largest absolute Gasteiger partial charge is 0.496 e. The molecule has 0 heterocycles. The molecular weight excluding hydrogens is 974 g/mol. The van der Waals surface area contributed by atoms with E-state index in [1.807, 2.05) is 33.9 Å². The van der Waals surface area contributed by atoms with Crippen LogP contribution in [0, 0.1) is 6.92 Å². The summed E-state index contributed by atoms with van der Waals surface area (Å²) in [6.07, 6.45) is -3.17. The van der Waals surface area contributed by atoms with Gasteiger partial charge in [-0.25, -0.2) is 9.59 Å². The van der Waals surface area contributed by atoms with Gasteiger partial charge in [0.25, 0.3) is 0 Å². The van der Waals surface area contributed by atoms with Crippen LogP contribution in [-0.2, 0) is 37.7 Å². The van der Waals surface area contributed by atoms with Gasteiger partial charge in [0.2, 0.25) is 3.79 Å². The second kappa shape index (κ2) is 25.0. The van der Waals surface area contributed by atoms with Gasteiger partial charge < -0.3 is 58.1 Å². The number of halogens is 4. The number of hydrogen-bond donors (Lipinski definition) is 3. The Balaban J connectivity index is 2.22. The Morgan fingerprint density at radius 3 is 1.90 bits per heavy atom. The molecule has 372 valence electrons. The highest BCUT2D eigenvalue weighted by Crippen LogP contribution is 2.43. The minimum absolute atomic E-state index is 0.0495. The second-order valence-corrected chi connectivity index (χ2v) is 25.5. The Hall–Kier alpha value is -4.04. The van der Waals surface area contributed by atoms with Crippen LogP contribution in [0.4, 0.5) is 9.59 Å². The van der Waals surface area contributed by atoms with E-state index in [1.54, 1.807) is 77.3 Å². The van der Waals surface area contributed by atoms with Crippen molar-refractivity contribution in [3.63, 3.8) is 0 Å². The van der Waals surface area contributed by atoms with Crippen LogP contribution < -0.4 is 24.8 Å². The quantitative estimate of drug-likeness (QED) is 0.0267. The van der Waals surface area contributed by atoms with Gasteiger partial charge in [0, 0.05) is 17.7 Å². The van der Waals surface area contributed by atoms with Crippen LogP contribution in [0.25, 0.3) is 0 Å². The van der Waals surface area contributed by atoms with Crippen LogP contribution in [-0.4, -0.2) is 107 Å². The zero-order chi connectivity index (χ0) is 50.5. The number of methoxy groups -OCH3 is 3. The monoisotopic (exact) mass is 1030 g/mol. The molecule has 0 aliphatic heterocycles. The first-order valence-electron chi connectivity index (χ1n) is 21.0. The van der Waals surface area contributed by atoms with Gasteiger partial charge in [0.05, 0.1) is 46.2 Å². The molecule has 0 aliphatic rings. The van der Waals surface area contributed by atoms with E-state index in [0.29, 0.717) is 28.3 Å². The van der Waals surface area contributed by atoms with Crippen LogP contribution in [0.2, 0.25) is 23.2 Å². The Kier molecular flexibility index (Phi) is 21.4. The lowest BCUT2D eigenvalue weighted by molar-refractivity contribution is -0.143.